The molecule has 0 fully saturated rings. The SMILES string of the molecule is Nc1cccc(S(=O)(=O)N(CCO)CCO)c1. The summed E-state index contributed by atoms with van der Waals surface area (Å²) in [4.78, 5) is 0.0550. The van der Waals surface area contributed by atoms with Gasteiger partial charge in [0.25, 0.3) is 0 Å². The Morgan fingerprint density at radius 1 is 1.18 bits per heavy atom. The number of sulfonamides is 1. The summed E-state index contributed by atoms with van der Waals surface area (Å²) >= 11 is 0. The first-order valence-electron chi connectivity index (χ1n) is 5.09. The summed E-state index contributed by atoms with van der Waals surface area (Å²) in [6.07, 6.45) is 0. The highest BCUT2D eigenvalue weighted by Crippen LogP contribution is 2.17. The van der Waals surface area contributed by atoms with E-state index in [9.17, 15) is 8.42 Å². The summed E-state index contributed by atoms with van der Waals surface area (Å²) < 4.78 is 25.2. The van der Waals surface area contributed by atoms with E-state index in [1.54, 1.807) is 6.07 Å². The Morgan fingerprint density at radius 2 is 1.76 bits per heavy atom. The number of nitrogens with zero attached hydrogens (tertiary/aromatic N) is 1. The molecular formula is C10H16N2O4S. The van der Waals surface area contributed by atoms with Crippen molar-refractivity contribution in [2.24, 2.45) is 0 Å². The smallest absolute Gasteiger partial charge is 0.243 e. The fraction of sp³-hybridized carbons (Fsp3) is 0.400. The van der Waals surface area contributed by atoms with Gasteiger partial charge in [-0.25, -0.2) is 8.42 Å². The second-order valence-electron chi connectivity index (χ2n) is 3.42. The highest BCUT2D eigenvalue weighted by molar-refractivity contribution is 7.89. The van der Waals surface area contributed by atoms with E-state index in [1.165, 1.54) is 18.2 Å². The Labute approximate surface area is 100 Å². The number of aliphatic hydroxyl groups is 2. The molecule has 4 N–H and O–H groups in total. The normalized spacial score (nSPS) is 11.9. The average Bonchev–Trinajstić information content (AvgIpc) is 2.29. The van der Waals surface area contributed by atoms with Crippen LogP contribution in [0.3, 0.4) is 0 Å². The zero-order valence-corrected chi connectivity index (χ0v) is 10.1. The molecule has 0 saturated carbocycles. The first-order chi connectivity index (χ1) is 8.02. The van der Waals surface area contributed by atoms with Gasteiger partial charge in [0, 0.05) is 18.8 Å². The van der Waals surface area contributed by atoms with Crippen molar-refractivity contribution in [1.29, 1.82) is 0 Å². The van der Waals surface area contributed by atoms with Gasteiger partial charge in [0.2, 0.25) is 10.0 Å². The largest absolute Gasteiger partial charge is 0.399 e. The molecule has 0 spiro atoms. The molecule has 0 aliphatic carbocycles. The van der Waals surface area contributed by atoms with Crippen LogP contribution in [0.2, 0.25) is 0 Å². The number of benzene rings is 1. The summed E-state index contributed by atoms with van der Waals surface area (Å²) in [5.74, 6) is 0. The third-order valence-electron chi connectivity index (χ3n) is 2.19. The van der Waals surface area contributed by atoms with Crippen LogP contribution in [-0.4, -0.2) is 49.2 Å². The average molecular weight is 260 g/mol. The van der Waals surface area contributed by atoms with E-state index in [0.717, 1.165) is 4.31 Å². The van der Waals surface area contributed by atoms with Gasteiger partial charge < -0.3 is 15.9 Å². The maximum Gasteiger partial charge on any atom is 0.243 e. The molecule has 7 heteroatoms. The highest BCUT2D eigenvalue weighted by Gasteiger charge is 2.23. The predicted octanol–water partition coefficient (Wildman–Crippen LogP) is -0.756. The van der Waals surface area contributed by atoms with Gasteiger partial charge in [-0.1, -0.05) is 6.07 Å². The molecule has 0 aliphatic heterocycles. The van der Waals surface area contributed by atoms with Crippen LogP contribution in [0.4, 0.5) is 5.69 Å². The Bertz CT molecular complexity index is 455. The highest BCUT2D eigenvalue weighted by atomic mass is 32.2. The van der Waals surface area contributed by atoms with Crippen molar-refractivity contribution < 1.29 is 18.6 Å². The monoisotopic (exact) mass is 260 g/mol. The molecule has 0 unspecified atom stereocenters. The number of nitrogen functional groups attached to an aromatic ring is 1. The van der Waals surface area contributed by atoms with Crippen LogP contribution in [0.1, 0.15) is 0 Å². The lowest BCUT2D eigenvalue weighted by molar-refractivity contribution is 0.217. The minimum absolute atomic E-state index is 0.0550. The topological polar surface area (TPSA) is 104 Å². The molecule has 0 saturated heterocycles. The van der Waals surface area contributed by atoms with Crippen molar-refractivity contribution in [3.63, 3.8) is 0 Å². The van der Waals surface area contributed by atoms with Crippen LogP contribution in [0.15, 0.2) is 29.2 Å². The molecule has 17 heavy (non-hydrogen) atoms. The predicted molar refractivity (Wildman–Crippen MR) is 63.8 cm³/mol. The van der Waals surface area contributed by atoms with Crippen LogP contribution < -0.4 is 5.73 Å². The molecular weight excluding hydrogens is 244 g/mol. The lowest BCUT2D eigenvalue weighted by Crippen LogP contribution is -2.35. The molecule has 1 rings (SSSR count). The van der Waals surface area contributed by atoms with E-state index in [0.29, 0.717) is 5.69 Å². The van der Waals surface area contributed by atoms with Crippen molar-refractivity contribution in [2.75, 3.05) is 32.0 Å². The minimum atomic E-state index is -3.71. The van der Waals surface area contributed by atoms with E-state index >= 15 is 0 Å². The quantitative estimate of drug-likeness (QED) is 0.583. The molecule has 0 amide bonds. The second-order valence-corrected chi connectivity index (χ2v) is 5.36. The number of hydrogen-bond donors (Lipinski definition) is 3. The van der Waals surface area contributed by atoms with E-state index in [2.05, 4.69) is 0 Å². The van der Waals surface area contributed by atoms with Crippen LogP contribution in [-0.2, 0) is 10.0 Å². The summed E-state index contributed by atoms with van der Waals surface area (Å²) in [6.45, 7) is -0.724. The Hall–Kier alpha value is -1.15. The van der Waals surface area contributed by atoms with Gasteiger partial charge in [0.15, 0.2) is 0 Å². The van der Waals surface area contributed by atoms with E-state index in [1.807, 2.05) is 0 Å². The van der Waals surface area contributed by atoms with E-state index in [4.69, 9.17) is 15.9 Å². The molecule has 0 aromatic heterocycles. The molecule has 0 radical (unpaired) electrons. The zero-order valence-electron chi connectivity index (χ0n) is 9.28. The van der Waals surface area contributed by atoms with Crippen molar-refractivity contribution in [1.82, 2.24) is 4.31 Å². The van der Waals surface area contributed by atoms with Gasteiger partial charge >= 0.3 is 0 Å². The maximum atomic E-state index is 12.1. The number of anilines is 1. The van der Waals surface area contributed by atoms with Crippen molar-refractivity contribution in [2.45, 2.75) is 4.90 Å². The van der Waals surface area contributed by atoms with E-state index < -0.39 is 10.0 Å². The Morgan fingerprint density at radius 3 is 2.24 bits per heavy atom. The van der Waals surface area contributed by atoms with Crippen molar-refractivity contribution >= 4 is 15.7 Å². The van der Waals surface area contributed by atoms with Gasteiger partial charge in [0.05, 0.1) is 18.1 Å². The van der Waals surface area contributed by atoms with Crippen LogP contribution >= 0.6 is 0 Å². The summed E-state index contributed by atoms with van der Waals surface area (Å²) in [7, 11) is -3.71. The zero-order chi connectivity index (χ0) is 12.9. The fourth-order valence-electron chi connectivity index (χ4n) is 1.40. The molecule has 0 bridgehead atoms. The van der Waals surface area contributed by atoms with Gasteiger partial charge in [0.1, 0.15) is 0 Å². The van der Waals surface area contributed by atoms with Crippen molar-refractivity contribution in [3.8, 4) is 0 Å². The standard InChI is InChI=1S/C10H16N2O4S/c11-9-2-1-3-10(8-9)17(15,16)12(4-6-13)5-7-14/h1-3,8,13-14H,4-7,11H2. The molecule has 0 aliphatic rings. The van der Waals surface area contributed by atoms with Crippen LogP contribution in [0.5, 0.6) is 0 Å². The molecule has 0 atom stereocenters. The first kappa shape index (κ1) is 13.9. The number of hydrogen-bond acceptors (Lipinski definition) is 5. The molecule has 6 nitrogen and oxygen atoms in total. The van der Waals surface area contributed by atoms with Crippen LogP contribution in [0.25, 0.3) is 0 Å². The first-order valence-corrected chi connectivity index (χ1v) is 6.54. The van der Waals surface area contributed by atoms with Gasteiger partial charge in [-0.3, -0.25) is 0 Å². The minimum Gasteiger partial charge on any atom is -0.399 e. The second kappa shape index (κ2) is 5.97. The van der Waals surface area contributed by atoms with Gasteiger partial charge in [-0.2, -0.15) is 4.31 Å². The number of rotatable bonds is 6. The number of aliphatic hydroxyl groups excluding tert-OH is 2. The lowest BCUT2D eigenvalue weighted by Gasteiger charge is -2.20. The number of nitrogens with two attached hydrogens (primary N) is 1. The van der Waals surface area contributed by atoms with Crippen LogP contribution in [0, 0.1) is 0 Å². The third-order valence-corrected chi connectivity index (χ3v) is 4.09. The molecule has 96 valence electrons. The summed E-state index contributed by atoms with van der Waals surface area (Å²) in [6, 6.07) is 5.89. The Balaban J connectivity index is 3.07. The maximum absolute atomic E-state index is 12.1. The molecule has 1 aromatic rings. The lowest BCUT2D eigenvalue weighted by atomic mass is 10.3. The van der Waals surface area contributed by atoms with Gasteiger partial charge in [-0.05, 0) is 18.2 Å². The van der Waals surface area contributed by atoms with E-state index in [-0.39, 0.29) is 31.2 Å². The Kier molecular flexibility index (Phi) is 4.88. The molecule has 0 heterocycles. The fourth-order valence-corrected chi connectivity index (χ4v) is 2.88. The third kappa shape index (κ3) is 3.40. The summed E-state index contributed by atoms with van der Waals surface area (Å²) in [5.41, 5.74) is 5.87. The molecule has 1 aromatic carbocycles. The van der Waals surface area contributed by atoms with Gasteiger partial charge in [-0.15, -0.1) is 0 Å². The summed E-state index contributed by atoms with van der Waals surface area (Å²) in [5, 5.41) is 17.6. The van der Waals surface area contributed by atoms with Crippen molar-refractivity contribution in [3.05, 3.63) is 24.3 Å².